The van der Waals surface area contributed by atoms with E-state index in [1.165, 1.54) is 18.2 Å². The predicted octanol–water partition coefficient (Wildman–Crippen LogP) is 2.66. The molecule has 30 heavy (non-hydrogen) atoms. The van der Waals surface area contributed by atoms with Gasteiger partial charge in [0, 0.05) is 11.8 Å². The third kappa shape index (κ3) is 3.35. The van der Waals surface area contributed by atoms with Gasteiger partial charge >= 0.3 is 12.0 Å². The Morgan fingerprint density at radius 1 is 1.03 bits per heavy atom. The van der Waals surface area contributed by atoms with E-state index in [9.17, 15) is 19.2 Å². The lowest BCUT2D eigenvalue weighted by molar-refractivity contribution is -0.130. The highest BCUT2D eigenvalue weighted by atomic mass is 16.5. The summed E-state index contributed by atoms with van der Waals surface area (Å²) in [6.07, 6.45) is 2.48. The Hall–Kier alpha value is -4.20. The first-order chi connectivity index (χ1) is 14.5. The van der Waals surface area contributed by atoms with Crippen LogP contribution in [0.2, 0.25) is 0 Å². The summed E-state index contributed by atoms with van der Waals surface area (Å²) in [6, 6.07) is 12.5. The van der Waals surface area contributed by atoms with E-state index in [4.69, 9.17) is 9.47 Å². The fraction of sp³-hybridized carbons (Fsp3) is 0.0909. The Morgan fingerprint density at radius 2 is 1.77 bits per heavy atom. The number of urea groups is 1. The van der Waals surface area contributed by atoms with Crippen LogP contribution in [0.25, 0.3) is 6.08 Å². The van der Waals surface area contributed by atoms with Crippen LogP contribution < -0.4 is 14.8 Å². The molecule has 2 aliphatic heterocycles. The van der Waals surface area contributed by atoms with Gasteiger partial charge in [0.15, 0.2) is 0 Å². The summed E-state index contributed by atoms with van der Waals surface area (Å²) in [6.45, 7) is 2.24. The molecule has 0 spiro atoms. The average Bonchev–Trinajstić information content (AvgIpc) is 2.99. The molecule has 1 fully saturated rings. The fourth-order valence-corrected chi connectivity index (χ4v) is 3.11. The minimum atomic E-state index is -0.903. The molecule has 2 aliphatic rings. The average molecular weight is 404 g/mol. The van der Waals surface area contributed by atoms with Crippen LogP contribution in [0.15, 0.2) is 66.0 Å². The first-order valence-electron chi connectivity index (χ1n) is 9.15. The molecule has 0 atom stereocenters. The van der Waals surface area contributed by atoms with Crippen molar-refractivity contribution in [2.24, 2.45) is 0 Å². The minimum absolute atomic E-state index is 0.0564. The predicted molar refractivity (Wildman–Crippen MR) is 105 cm³/mol. The third-order valence-electron chi connectivity index (χ3n) is 4.50. The van der Waals surface area contributed by atoms with Gasteiger partial charge in [-0.15, -0.1) is 0 Å². The maximum absolute atomic E-state index is 12.8. The number of nitrogens with zero attached hydrogens (tertiary/aromatic N) is 1. The van der Waals surface area contributed by atoms with Gasteiger partial charge in [-0.2, -0.15) is 0 Å². The number of benzene rings is 2. The van der Waals surface area contributed by atoms with Crippen LogP contribution in [-0.2, 0) is 9.59 Å². The zero-order valence-corrected chi connectivity index (χ0v) is 15.9. The Kier molecular flexibility index (Phi) is 4.89. The van der Waals surface area contributed by atoms with E-state index in [0.717, 1.165) is 11.1 Å². The number of rotatable bonds is 4. The molecule has 8 nitrogen and oxygen atoms in total. The quantitative estimate of drug-likeness (QED) is 0.276. The highest BCUT2D eigenvalue weighted by molar-refractivity contribution is 6.28. The number of esters is 1. The monoisotopic (exact) mass is 404 g/mol. The Labute approximate surface area is 171 Å². The molecular weight excluding hydrogens is 388 g/mol. The molecule has 2 heterocycles. The van der Waals surface area contributed by atoms with Gasteiger partial charge in [-0.05, 0) is 31.2 Å². The number of carbonyl (C=O) groups excluding carboxylic acids is 4. The van der Waals surface area contributed by atoms with Gasteiger partial charge in [0.2, 0.25) is 5.78 Å². The summed E-state index contributed by atoms with van der Waals surface area (Å²) in [5.41, 5.74) is 0.341. The van der Waals surface area contributed by atoms with Gasteiger partial charge in [0.05, 0.1) is 12.2 Å². The number of ether oxygens (including phenoxy) is 2. The number of para-hydroxylation sites is 2. The maximum Gasteiger partial charge on any atom is 0.349 e. The van der Waals surface area contributed by atoms with E-state index in [-0.39, 0.29) is 22.6 Å². The third-order valence-corrected chi connectivity index (χ3v) is 4.50. The standard InChI is InChI=1S/C22H16N2O6/c1-2-29-17-9-5-3-7-13(17)11-16-20(26)23-22(28)24(16)12-15-19(25)14-8-4-6-10-18(14)30-21(15)27/h3-12H,2H2,1H3,(H,23,26,28)/b15-12-,16-11+. The van der Waals surface area contributed by atoms with Crippen molar-refractivity contribution in [1.29, 1.82) is 0 Å². The molecule has 0 bridgehead atoms. The van der Waals surface area contributed by atoms with Crippen molar-refractivity contribution < 1.29 is 28.7 Å². The van der Waals surface area contributed by atoms with E-state index >= 15 is 0 Å². The second-order valence-corrected chi connectivity index (χ2v) is 6.39. The first kappa shape index (κ1) is 19.1. The van der Waals surface area contributed by atoms with Gasteiger partial charge in [-0.3, -0.25) is 19.8 Å². The Balaban J connectivity index is 1.76. The molecule has 1 N–H and O–H groups in total. The summed E-state index contributed by atoms with van der Waals surface area (Å²) in [4.78, 5) is 50.7. The molecule has 2 aromatic carbocycles. The molecule has 0 aromatic heterocycles. The van der Waals surface area contributed by atoms with Crippen molar-refractivity contribution in [3.8, 4) is 11.5 Å². The second kappa shape index (κ2) is 7.67. The highest BCUT2D eigenvalue weighted by Crippen LogP contribution is 2.29. The van der Waals surface area contributed by atoms with Crippen molar-refractivity contribution in [3.05, 3.63) is 77.1 Å². The van der Waals surface area contributed by atoms with Gasteiger partial charge < -0.3 is 9.47 Å². The maximum atomic E-state index is 12.8. The van der Waals surface area contributed by atoms with Crippen molar-refractivity contribution in [1.82, 2.24) is 10.2 Å². The Morgan fingerprint density at radius 3 is 2.57 bits per heavy atom. The number of hydrogen-bond acceptors (Lipinski definition) is 6. The molecule has 8 heteroatoms. The number of Topliss-reactive ketones (excluding diaryl/α,β-unsaturated/α-hetero) is 1. The van der Waals surface area contributed by atoms with Crippen molar-refractivity contribution >= 4 is 29.8 Å². The highest BCUT2D eigenvalue weighted by Gasteiger charge is 2.37. The summed E-state index contributed by atoms with van der Waals surface area (Å²) in [5, 5.41) is 2.16. The number of ketones is 1. The number of hydrogen-bond donors (Lipinski definition) is 1. The molecule has 1 saturated heterocycles. The molecule has 0 saturated carbocycles. The molecule has 2 aromatic rings. The van der Waals surface area contributed by atoms with Crippen LogP contribution in [0, 0.1) is 0 Å². The van der Waals surface area contributed by atoms with Gasteiger partial charge in [0.25, 0.3) is 5.91 Å². The normalized spacial score (nSPS) is 18.5. The summed E-state index contributed by atoms with van der Waals surface area (Å²) < 4.78 is 10.7. The number of carbonyl (C=O) groups is 4. The lowest BCUT2D eigenvalue weighted by Crippen LogP contribution is -2.29. The largest absolute Gasteiger partial charge is 0.493 e. The smallest absolute Gasteiger partial charge is 0.349 e. The van der Waals surface area contributed by atoms with E-state index in [1.54, 1.807) is 36.4 Å². The molecule has 0 aliphatic carbocycles. The van der Waals surface area contributed by atoms with Gasteiger partial charge in [0.1, 0.15) is 22.8 Å². The molecule has 0 radical (unpaired) electrons. The van der Waals surface area contributed by atoms with Crippen LogP contribution >= 0.6 is 0 Å². The van der Waals surface area contributed by atoms with E-state index in [1.807, 2.05) is 6.92 Å². The summed E-state index contributed by atoms with van der Waals surface area (Å²) >= 11 is 0. The van der Waals surface area contributed by atoms with Crippen LogP contribution in [0.1, 0.15) is 22.8 Å². The Bertz CT molecular complexity index is 1150. The molecule has 0 unspecified atom stereocenters. The van der Waals surface area contributed by atoms with Gasteiger partial charge in [-0.1, -0.05) is 30.3 Å². The SMILES string of the molecule is CCOc1ccccc1/C=C1\C(=O)NC(=O)N1/C=C1\C(=O)Oc2ccccc2C1=O. The number of amides is 3. The summed E-state index contributed by atoms with van der Waals surface area (Å²) in [7, 11) is 0. The summed E-state index contributed by atoms with van der Waals surface area (Å²) in [5.74, 6) is -1.49. The molecule has 4 rings (SSSR count). The lowest BCUT2D eigenvalue weighted by Gasteiger charge is -2.18. The van der Waals surface area contributed by atoms with Crippen LogP contribution in [-0.4, -0.2) is 35.2 Å². The minimum Gasteiger partial charge on any atom is -0.493 e. The number of fused-ring (bicyclic) bond motifs is 1. The second-order valence-electron chi connectivity index (χ2n) is 6.39. The number of nitrogens with one attached hydrogen (secondary N) is 1. The van der Waals surface area contributed by atoms with Crippen molar-refractivity contribution in [2.45, 2.75) is 6.92 Å². The topological polar surface area (TPSA) is 102 Å². The molecular formula is C22H16N2O6. The van der Waals surface area contributed by atoms with Crippen molar-refractivity contribution in [3.63, 3.8) is 0 Å². The van der Waals surface area contributed by atoms with Crippen LogP contribution in [0.4, 0.5) is 4.79 Å². The molecule has 3 amide bonds. The van der Waals surface area contributed by atoms with Gasteiger partial charge in [-0.25, -0.2) is 9.59 Å². The zero-order valence-electron chi connectivity index (χ0n) is 15.9. The van der Waals surface area contributed by atoms with Crippen LogP contribution in [0.5, 0.6) is 11.5 Å². The van der Waals surface area contributed by atoms with E-state index in [0.29, 0.717) is 17.9 Å². The van der Waals surface area contributed by atoms with E-state index in [2.05, 4.69) is 5.32 Å². The zero-order chi connectivity index (χ0) is 21.3. The number of imide groups is 1. The molecule has 150 valence electrons. The lowest BCUT2D eigenvalue weighted by atomic mass is 10.0. The fourth-order valence-electron chi connectivity index (χ4n) is 3.11. The van der Waals surface area contributed by atoms with E-state index < -0.39 is 23.7 Å². The first-order valence-corrected chi connectivity index (χ1v) is 9.15. The van der Waals surface area contributed by atoms with Crippen molar-refractivity contribution in [2.75, 3.05) is 6.61 Å². The van der Waals surface area contributed by atoms with Crippen LogP contribution in [0.3, 0.4) is 0 Å².